The summed E-state index contributed by atoms with van der Waals surface area (Å²) in [6.07, 6.45) is 2.09. The van der Waals surface area contributed by atoms with Gasteiger partial charge in [-0.25, -0.2) is 4.98 Å². The molecular formula is C23H26N2O2S. The molecule has 1 N–H and O–H groups in total. The Morgan fingerprint density at radius 3 is 2.61 bits per heavy atom. The van der Waals surface area contributed by atoms with E-state index >= 15 is 0 Å². The Morgan fingerprint density at radius 2 is 1.89 bits per heavy atom. The number of hydrogen-bond donors (Lipinski definition) is 1. The summed E-state index contributed by atoms with van der Waals surface area (Å²) in [6.45, 7) is 6.83. The van der Waals surface area contributed by atoms with E-state index in [1.807, 2.05) is 17.5 Å². The second-order valence-electron chi connectivity index (χ2n) is 6.83. The molecule has 28 heavy (non-hydrogen) atoms. The summed E-state index contributed by atoms with van der Waals surface area (Å²) < 4.78 is 5.70. The van der Waals surface area contributed by atoms with Gasteiger partial charge in [-0.3, -0.25) is 4.79 Å². The lowest BCUT2D eigenvalue weighted by atomic mass is 10.1. The number of hydrogen-bond acceptors (Lipinski definition) is 4. The number of anilines is 1. The number of carbonyl (C=O) groups is 1. The normalized spacial score (nSPS) is 10.7. The lowest BCUT2D eigenvalue weighted by molar-refractivity contribution is -0.116. The zero-order chi connectivity index (χ0) is 19.9. The third-order valence-electron chi connectivity index (χ3n) is 4.70. The predicted octanol–water partition coefficient (Wildman–Crippen LogP) is 5.79. The van der Waals surface area contributed by atoms with E-state index in [-0.39, 0.29) is 5.91 Å². The Hall–Kier alpha value is -2.66. The lowest BCUT2D eigenvalue weighted by Gasteiger charge is -2.07. The highest BCUT2D eigenvalue weighted by atomic mass is 32.1. The lowest BCUT2D eigenvalue weighted by Crippen LogP contribution is -2.12. The first-order chi connectivity index (χ1) is 13.5. The molecule has 0 saturated carbocycles. The van der Waals surface area contributed by atoms with Crippen LogP contribution >= 0.6 is 11.3 Å². The van der Waals surface area contributed by atoms with Gasteiger partial charge >= 0.3 is 0 Å². The van der Waals surface area contributed by atoms with Crippen LogP contribution in [0.2, 0.25) is 0 Å². The first-order valence-corrected chi connectivity index (χ1v) is 10.5. The molecule has 1 heterocycles. The van der Waals surface area contributed by atoms with Gasteiger partial charge in [0.15, 0.2) is 5.13 Å². The third-order valence-corrected chi connectivity index (χ3v) is 5.46. The average molecular weight is 395 g/mol. The van der Waals surface area contributed by atoms with E-state index in [1.165, 1.54) is 28.0 Å². The molecular weight excluding hydrogens is 368 g/mol. The highest BCUT2D eigenvalue weighted by Gasteiger charge is 2.09. The number of aryl methyl sites for hydroxylation is 3. The zero-order valence-electron chi connectivity index (χ0n) is 16.6. The Balaban J connectivity index is 1.44. The Bertz CT molecular complexity index is 932. The molecule has 3 rings (SSSR count). The molecule has 0 radical (unpaired) electrons. The maximum Gasteiger partial charge on any atom is 0.226 e. The van der Waals surface area contributed by atoms with E-state index in [0.717, 1.165) is 23.4 Å². The standard InChI is InChI=1S/C23H26N2O2S/c1-4-18-8-11-20(12-9-18)27-13-5-6-22(26)25-23-24-21(15-28-23)19-10-7-16(2)17(3)14-19/h7-12,14-15H,4-6,13H2,1-3H3,(H,24,25,26). The molecule has 146 valence electrons. The quantitative estimate of drug-likeness (QED) is 0.492. The number of ether oxygens (including phenoxy) is 1. The molecule has 3 aromatic rings. The average Bonchev–Trinajstić information content (AvgIpc) is 3.16. The number of rotatable bonds is 8. The van der Waals surface area contributed by atoms with E-state index < -0.39 is 0 Å². The number of benzene rings is 2. The second-order valence-corrected chi connectivity index (χ2v) is 7.69. The summed E-state index contributed by atoms with van der Waals surface area (Å²) >= 11 is 1.45. The minimum Gasteiger partial charge on any atom is -0.494 e. The van der Waals surface area contributed by atoms with Gasteiger partial charge in [-0.15, -0.1) is 11.3 Å². The van der Waals surface area contributed by atoms with Gasteiger partial charge in [-0.1, -0.05) is 31.2 Å². The van der Waals surface area contributed by atoms with Crippen LogP contribution < -0.4 is 10.1 Å². The van der Waals surface area contributed by atoms with Gasteiger partial charge in [-0.05, 0) is 61.6 Å². The van der Waals surface area contributed by atoms with Gasteiger partial charge in [0.25, 0.3) is 0 Å². The largest absolute Gasteiger partial charge is 0.494 e. The van der Waals surface area contributed by atoms with Crippen LogP contribution in [0.4, 0.5) is 5.13 Å². The minimum atomic E-state index is -0.0362. The Kier molecular flexibility index (Phi) is 6.82. The molecule has 2 aromatic carbocycles. The molecule has 4 nitrogen and oxygen atoms in total. The molecule has 0 aliphatic heterocycles. The third kappa shape index (κ3) is 5.42. The van der Waals surface area contributed by atoms with Crippen LogP contribution in [0.5, 0.6) is 5.75 Å². The summed E-state index contributed by atoms with van der Waals surface area (Å²) in [6, 6.07) is 14.4. The van der Waals surface area contributed by atoms with Crippen molar-refractivity contribution in [2.45, 2.75) is 40.0 Å². The number of nitrogens with one attached hydrogen (secondary N) is 1. The van der Waals surface area contributed by atoms with Crippen molar-refractivity contribution in [3.63, 3.8) is 0 Å². The van der Waals surface area contributed by atoms with Gasteiger partial charge < -0.3 is 10.1 Å². The molecule has 0 bridgehead atoms. The van der Waals surface area contributed by atoms with Crippen molar-refractivity contribution in [1.82, 2.24) is 4.98 Å². The summed E-state index contributed by atoms with van der Waals surface area (Å²) in [5, 5.41) is 5.49. The van der Waals surface area contributed by atoms with E-state index in [2.05, 4.69) is 61.4 Å². The molecule has 1 aromatic heterocycles. The molecule has 5 heteroatoms. The molecule has 0 spiro atoms. The molecule has 1 amide bonds. The molecule has 0 atom stereocenters. The molecule has 0 aliphatic rings. The van der Waals surface area contributed by atoms with Crippen molar-refractivity contribution in [2.75, 3.05) is 11.9 Å². The second kappa shape index (κ2) is 9.51. The van der Waals surface area contributed by atoms with Crippen LogP contribution in [0, 0.1) is 13.8 Å². The molecule has 0 saturated heterocycles. The highest BCUT2D eigenvalue weighted by molar-refractivity contribution is 7.14. The summed E-state index contributed by atoms with van der Waals surface area (Å²) in [5.74, 6) is 0.807. The zero-order valence-corrected chi connectivity index (χ0v) is 17.4. The fourth-order valence-corrected chi connectivity index (χ4v) is 3.53. The van der Waals surface area contributed by atoms with Crippen molar-refractivity contribution >= 4 is 22.4 Å². The highest BCUT2D eigenvalue weighted by Crippen LogP contribution is 2.26. The fourth-order valence-electron chi connectivity index (χ4n) is 2.79. The first kappa shape index (κ1) is 20.1. The van der Waals surface area contributed by atoms with E-state index in [1.54, 1.807) is 0 Å². The van der Waals surface area contributed by atoms with Crippen LogP contribution in [0.3, 0.4) is 0 Å². The molecule has 0 fully saturated rings. The first-order valence-electron chi connectivity index (χ1n) is 9.60. The monoisotopic (exact) mass is 394 g/mol. The number of thiazole rings is 1. The van der Waals surface area contributed by atoms with Gasteiger partial charge in [0.05, 0.1) is 12.3 Å². The van der Waals surface area contributed by atoms with Crippen molar-refractivity contribution in [3.05, 3.63) is 64.5 Å². The fraction of sp³-hybridized carbons (Fsp3) is 0.304. The summed E-state index contributed by atoms with van der Waals surface area (Å²) in [4.78, 5) is 16.7. The van der Waals surface area contributed by atoms with Gasteiger partial charge in [0.2, 0.25) is 5.91 Å². The van der Waals surface area contributed by atoms with Gasteiger partial charge in [0.1, 0.15) is 5.75 Å². The van der Waals surface area contributed by atoms with Gasteiger partial charge in [0, 0.05) is 17.4 Å². The van der Waals surface area contributed by atoms with E-state index in [0.29, 0.717) is 24.6 Å². The SMILES string of the molecule is CCc1ccc(OCCCC(=O)Nc2nc(-c3ccc(C)c(C)c3)cs2)cc1. The topological polar surface area (TPSA) is 51.2 Å². The number of carbonyl (C=O) groups excluding carboxylic acids is 1. The maximum absolute atomic E-state index is 12.2. The summed E-state index contributed by atoms with van der Waals surface area (Å²) in [5.41, 5.74) is 5.75. The molecule has 0 unspecified atom stereocenters. The van der Waals surface area contributed by atoms with Crippen LogP contribution in [0.1, 0.15) is 36.5 Å². The smallest absolute Gasteiger partial charge is 0.226 e. The van der Waals surface area contributed by atoms with Crippen molar-refractivity contribution in [2.24, 2.45) is 0 Å². The summed E-state index contributed by atoms with van der Waals surface area (Å²) in [7, 11) is 0. The predicted molar refractivity (Wildman–Crippen MR) is 116 cm³/mol. The van der Waals surface area contributed by atoms with Crippen molar-refractivity contribution in [1.29, 1.82) is 0 Å². The van der Waals surface area contributed by atoms with Crippen LogP contribution in [-0.4, -0.2) is 17.5 Å². The van der Waals surface area contributed by atoms with Crippen molar-refractivity contribution in [3.8, 4) is 17.0 Å². The van der Waals surface area contributed by atoms with Crippen LogP contribution in [0.15, 0.2) is 47.8 Å². The Labute approximate surface area is 170 Å². The Morgan fingerprint density at radius 1 is 1.11 bits per heavy atom. The maximum atomic E-state index is 12.2. The van der Waals surface area contributed by atoms with Crippen LogP contribution in [-0.2, 0) is 11.2 Å². The van der Waals surface area contributed by atoms with Crippen LogP contribution in [0.25, 0.3) is 11.3 Å². The minimum absolute atomic E-state index is 0.0362. The molecule has 0 aliphatic carbocycles. The number of amides is 1. The van der Waals surface area contributed by atoms with E-state index in [9.17, 15) is 4.79 Å². The van der Waals surface area contributed by atoms with E-state index in [4.69, 9.17) is 4.74 Å². The number of nitrogens with zero attached hydrogens (tertiary/aromatic N) is 1. The van der Waals surface area contributed by atoms with Crippen molar-refractivity contribution < 1.29 is 9.53 Å². The number of aromatic nitrogens is 1. The van der Waals surface area contributed by atoms with Gasteiger partial charge in [-0.2, -0.15) is 0 Å².